The van der Waals surface area contributed by atoms with Gasteiger partial charge in [-0.15, -0.1) is 0 Å². The van der Waals surface area contributed by atoms with Gasteiger partial charge in [0.25, 0.3) is 0 Å². The van der Waals surface area contributed by atoms with Crippen LogP contribution in [-0.4, -0.2) is 30.7 Å². The number of nitrogens with two attached hydrogens (primary N) is 1. The largest absolute Gasteiger partial charge is 0.466 e. The van der Waals surface area contributed by atoms with Gasteiger partial charge in [-0.2, -0.15) is 5.26 Å². The highest BCUT2D eigenvalue weighted by Crippen LogP contribution is 2.44. The van der Waals surface area contributed by atoms with E-state index in [0.29, 0.717) is 11.3 Å². The first-order chi connectivity index (χ1) is 18.5. The molecule has 4 aromatic rings. The predicted octanol–water partition coefficient (Wildman–Crippen LogP) is 4.71. The van der Waals surface area contributed by atoms with E-state index in [-0.39, 0.29) is 22.7 Å². The number of aromatic nitrogens is 1. The lowest BCUT2D eigenvalue weighted by Crippen LogP contribution is -2.40. The zero-order valence-corrected chi connectivity index (χ0v) is 21.3. The van der Waals surface area contributed by atoms with Crippen LogP contribution in [0.3, 0.4) is 0 Å². The molecule has 1 aromatic heterocycles. The third-order valence-electron chi connectivity index (χ3n) is 6.94. The van der Waals surface area contributed by atoms with Crippen molar-refractivity contribution in [2.75, 3.05) is 19.1 Å². The maximum atomic E-state index is 13.3. The summed E-state index contributed by atoms with van der Waals surface area (Å²) in [4.78, 5) is 28.0. The number of esters is 2. The molecule has 190 valence electrons. The Bertz CT molecular complexity index is 1690. The number of fused-ring (bicyclic) bond motifs is 3. The van der Waals surface area contributed by atoms with Gasteiger partial charge < -0.3 is 19.8 Å². The van der Waals surface area contributed by atoms with Gasteiger partial charge in [0, 0.05) is 34.0 Å². The first-order valence-electron chi connectivity index (χ1n) is 12.1. The van der Waals surface area contributed by atoms with E-state index in [1.165, 1.54) is 19.1 Å². The fourth-order valence-corrected chi connectivity index (χ4v) is 5.30. The molecule has 2 N–H and O–H groups in total. The molecule has 8 nitrogen and oxygen atoms in total. The van der Waals surface area contributed by atoms with E-state index in [4.69, 9.17) is 15.2 Å². The maximum absolute atomic E-state index is 13.3. The standard InChI is InChI=1S/C30H26N4O4/c1-4-33-23-13-9-8-12-20(23)21-16-19(14-15-24(21)33)34-27(30(36)38-3)26(29(35)37-2)25(22(17-31)28(34)32)18-10-6-5-7-11-18/h5-16,25H,4,32H2,1-3H3. The van der Waals surface area contributed by atoms with Crippen LogP contribution in [-0.2, 0) is 25.6 Å². The maximum Gasteiger partial charge on any atom is 0.355 e. The second kappa shape index (κ2) is 9.79. The van der Waals surface area contributed by atoms with E-state index < -0.39 is 17.9 Å². The fourth-order valence-electron chi connectivity index (χ4n) is 5.30. The Hall–Kier alpha value is -5.03. The number of methoxy groups -OCH3 is 2. The summed E-state index contributed by atoms with van der Waals surface area (Å²) in [6, 6.07) is 24.8. The molecule has 3 aromatic carbocycles. The molecule has 38 heavy (non-hydrogen) atoms. The smallest absolute Gasteiger partial charge is 0.355 e. The molecule has 0 amide bonds. The lowest BCUT2D eigenvalue weighted by atomic mass is 9.81. The Morgan fingerprint density at radius 3 is 2.24 bits per heavy atom. The Labute approximate surface area is 219 Å². The Balaban J connectivity index is 1.84. The summed E-state index contributed by atoms with van der Waals surface area (Å²) in [6.07, 6.45) is 0. The zero-order valence-electron chi connectivity index (χ0n) is 21.3. The normalized spacial score (nSPS) is 15.6. The van der Waals surface area contributed by atoms with Crippen molar-refractivity contribution in [3.05, 3.63) is 101 Å². The number of anilines is 1. The van der Waals surface area contributed by atoms with Crippen LogP contribution in [0.25, 0.3) is 21.8 Å². The summed E-state index contributed by atoms with van der Waals surface area (Å²) in [6.45, 7) is 2.85. The lowest BCUT2D eigenvalue weighted by molar-refractivity contribution is -0.139. The topological polar surface area (TPSA) is 111 Å². The van der Waals surface area contributed by atoms with Crippen molar-refractivity contribution in [2.24, 2.45) is 5.73 Å². The molecule has 5 rings (SSSR count). The van der Waals surface area contributed by atoms with Crippen molar-refractivity contribution in [3.8, 4) is 6.07 Å². The molecule has 2 heterocycles. The number of carbonyl (C=O) groups is 2. The summed E-state index contributed by atoms with van der Waals surface area (Å²) in [5, 5.41) is 12.2. The van der Waals surface area contributed by atoms with Crippen LogP contribution in [0.2, 0.25) is 0 Å². The van der Waals surface area contributed by atoms with E-state index in [0.717, 1.165) is 28.4 Å². The van der Waals surface area contributed by atoms with Gasteiger partial charge in [0.1, 0.15) is 11.5 Å². The highest BCUT2D eigenvalue weighted by atomic mass is 16.5. The number of aryl methyl sites for hydroxylation is 1. The molecule has 0 fully saturated rings. The van der Waals surface area contributed by atoms with E-state index in [1.54, 1.807) is 24.3 Å². The number of hydrogen-bond donors (Lipinski definition) is 1. The van der Waals surface area contributed by atoms with Crippen molar-refractivity contribution in [3.63, 3.8) is 0 Å². The van der Waals surface area contributed by atoms with Gasteiger partial charge in [-0.25, -0.2) is 9.59 Å². The Morgan fingerprint density at radius 1 is 0.921 bits per heavy atom. The molecule has 0 aliphatic carbocycles. The molecule has 0 radical (unpaired) electrons. The number of benzene rings is 3. The van der Waals surface area contributed by atoms with Crippen molar-refractivity contribution in [2.45, 2.75) is 19.4 Å². The van der Waals surface area contributed by atoms with Crippen LogP contribution in [0.1, 0.15) is 18.4 Å². The minimum atomic E-state index is -0.912. The van der Waals surface area contributed by atoms with Gasteiger partial charge in [-0.1, -0.05) is 48.5 Å². The number of allylic oxidation sites excluding steroid dienone is 1. The molecule has 1 aliphatic heterocycles. The van der Waals surface area contributed by atoms with Gasteiger partial charge in [-0.3, -0.25) is 4.90 Å². The van der Waals surface area contributed by atoms with E-state index in [2.05, 4.69) is 23.6 Å². The Morgan fingerprint density at radius 2 is 1.58 bits per heavy atom. The number of nitriles is 1. The molecule has 1 unspecified atom stereocenters. The molecule has 0 spiro atoms. The van der Waals surface area contributed by atoms with Crippen molar-refractivity contribution < 1.29 is 19.1 Å². The number of rotatable bonds is 5. The summed E-state index contributed by atoms with van der Waals surface area (Å²) in [5.74, 6) is -2.41. The molecular weight excluding hydrogens is 480 g/mol. The fraction of sp³-hybridized carbons (Fsp3) is 0.167. The third kappa shape index (κ3) is 3.68. The van der Waals surface area contributed by atoms with Crippen LogP contribution < -0.4 is 10.6 Å². The zero-order chi connectivity index (χ0) is 27.0. The predicted molar refractivity (Wildman–Crippen MR) is 145 cm³/mol. The summed E-state index contributed by atoms with van der Waals surface area (Å²) < 4.78 is 12.5. The molecule has 1 atom stereocenters. The monoisotopic (exact) mass is 506 g/mol. The first-order valence-corrected chi connectivity index (χ1v) is 12.1. The Kier molecular flexibility index (Phi) is 6.35. The quantitative estimate of drug-likeness (QED) is 0.390. The lowest BCUT2D eigenvalue weighted by Gasteiger charge is -2.36. The highest BCUT2D eigenvalue weighted by molar-refractivity contribution is 6.11. The van der Waals surface area contributed by atoms with Crippen LogP contribution in [0.4, 0.5) is 5.69 Å². The molecule has 0 saturated heterocycles. The molecular formula is C30H26N4O4. The minimum Gasteiger partial charge on any atom is -0.466 e. The second-order valence-corrected chi connectivity index (χ2v) is 8.80. The first kappa shape index (κ1) is 24.7. The second-order valence-electron chi connectivity index (χ2n) is 8.80. The molecule has 1 aliphatic rings. The van der Waals surface area contributed by atoms with E-state index in [1.807, 2.05) is 42.5 Å². The number of nitrogens with zero attached hydrogens (tertiary/aromatic N) is 3. The van der Waals surface area contributed by atoms with Gasteiger partial charge in [0.2, 0.25) is 0 Å². The molecule has 0 saturated carbocycles. The van der Waals surface area contributed by atoms with Crippen molar-refractivity contribution >= 4 is 39.4 Å². The highest BCUT2D eigenvalue weighted by Gasteiger charge is 2.43. The van der Waals surface area contributed by atoms with Crippen LogP contribution in [0.5, 0.6) is 0 Å². The summed E-state index contributed by atoms with van der Waals surface area (Å²) in [5.41, 5.74) is 9.88. The van der Waals surface area contributed by atoms with Gasteiger partial charge >= 0.3 is 11.9 Å². The van der Waals surface area contributed by atoms with Crippen molar-refractivity contribution in [1.29, 1.82) is 5.26 Å². The SMILES string of the molecule is CCn1c2ccccc2c2cc(N3C(N)=C(C#N)C(c4ccccc4)C(C(=O)OC)=C3C(=O)OC)ccc21. The number of carbonyl (C=O) groups excluding carboxylic acids is 2. The third-order valence-corrected chi connectivity index (χ3v) is 6.94. The minimum absolute atomic E-state index is 0.0209. The van der Waals surface area contributed by atoms with Crippen LogP contribution in [0, 0.1) is 11.3 Å². The average Bonchev–Trinajstić information content (AvgIpc) is 3.28. The summed E-state index contributed by atoms with van der Waals surface area (Å²) in [7, 11) is 2.47. The van der Waals surface area contributed by atoms with E-state index >= 15 is 0 Å². The molecule has 8 heteroatoms. The molecule has 0 bridgehead atoms. The van der Waals surface area contributed by atoms with Gasteiger partial charge in [-0.05, 0) is 36.8 Å². The van der Waals surface area contributed by atoms with Gasteiger partial charge in [0.05, 0.1) is 37.4 Å². The number of para-hydroxylation sites is 1. The van der Waals surface area contributed by atoms with Crippen LogP contribution in [0.15, 0.2) is 95.5 Å². The van der Waals surface area contributed by atoms with E-state index in [9.17, 15) is 14.9 Å². The average molecular weight is 507 g/mol. The van der Waals surface area contributed by atoms with Gasteiger partial charge in [0.15, 0.2) is 0 Å². The number of ether oxygens (including phenoxy) is 2. The van der Waals surface area contributed by atoms with Crippen LogP contribution >= 0.6 is 0 Å². The summed E-state index contributed by atoms with van der Waals surface area (Å²) >= 11 is 0. The van der Waals surface area contributed by atoms with Crippen molar-refractivity contribution in [1.82, 2.24) is 4.57 Å². The number of hydrogen-bond acceptors (Lipinski definition) is 7.